The summed E-state index contributed by atoms with van der Waals surface area (Å²) in [6.07, 6.45) is 0.889. The van der Waals surface area contributed by atoms with Crippen LogP contribution in [0.4, 0.5) is 5.82 Å². The van der Waals surface area contributed by atoms with Crippen LogP contribution in [0, 0.1) is 0 Å². The summed E-state index contributed by atoms with van der Waals surface area (Å²) in [5.41, 5.74) is 5.40. The van der Waals surface area contributed by atoms with E-state index in [0.29, 0.717) is 0 Å². The summed E-state index contributed by atoms with van der Waals surface area (Å²) >= 11 is 5.60. The summed E-state index contributed by atoms with van der Waals surface area (Å²) in [7, 11) is -3.89. The molecule has 1 heterocycles. The molecule has 1 aromatic rings. The first kappa shape index (κ1) is 13.7. The van der Waals surface area contributed by atoms with Crippen molar-refractivity contribution in [1.29, 1.82) is 0 Å². The maximum Gasteiger partial charge on any atom is 0.304 e. The van der Waals surface area contributed by atoms with Crippen LogP contribution in [-0.4, -0.2) is 31.0 Å². The highest BCUT2D eigenvalue weighted by atomic mass is 35.5. The van der Waals surface area contributed by atoms with Gasteiger partial charge in [-0.15, -0.1) is 0 Å². The van der Waals surface area contributed by atoms with E-state index < -0.39 is 16.0 Å². The van der Waals surface area contributed by atoms with Crippen LogP contribution in [0.2, 0.25) is 5.02 Å². The van der Waals surface area contributed by atoms with Crippen molar-refractivity contribution in [2.75, 3.05) is 12.3 Å². The smallest absolute Gasteiger partial charge is 0.304 e. The second-order valence-electron chi connectivity index (χ2n) is 3.08. The molecule has 0 saturated carbocycles. The molecule has 17 heavy (non-hydrogen) atoms. The molecule has 4 N–H and O–H groups in total. The summed E-state index contributed by atoms with van der Waals surface area (Å²) in [4.78, 5) is 13.6. The standard InChI is InChI=1S/C8H10ClN3O4S/c9-5-3-6(8(10)11-4-5)17(15,16)12-2-1-7(13)14/h3-4,12H,1-2H2,(H2,10,11)(H,13,14). The first-order valence-corrected chi connectivity index (χ1v) is 6.31. The summed E-state index contributed by atoms with van der Waals surface area (Å²) in [6.45, 7) is -0.233. The molecule has 1 aromatic heterocycles. The molecule has 0 aliphatic rings. The zero-order chi connectivity index (χ0) is 13.1. The zero-order valence-electron chi connectivity index (χ0n) is 8.55. The molecule has 9 heteroatoms. The van der Waals surface area contributed by atoms with E-state index in [2.05, 4.69) is 9.71 Å². The molecule has 0 fully saturated rings. The summed E-state index contributed by atoms with van der Waals surface area (Å²) in [6, 6.07) is 1.15. The Kier molecular flexibility index (Phi) is 4.27. The minimum Gasteiger partial charge on any atom is -0.481 e. The first-order chi connectivity index (χ1) is 7.83. The van der Waals surface area contributed by atoms with Gasteiger partial charge in [-0.1, -0.05) is 11.6 Å². The van der Waals surface area contributed by atoms with Crippen LogP contribution in [-0.2, 0) is 14.8 Å². The monoisotopic (exact) mass is 279 g/mol. The lowest BCUT2D eigenvalue weighted by molar-refractivity contribution is -0.136. The van der Waals surface area contributed by atoms with Crippen molar-refractivity contribution in [3.8, 4) is 0 Å². The molecule has 0 bridgehead atoms. The van der Waals surface area contributed by atoms with Gasteiger partial charge in [-0.3, -0.25) is 4.79 Å². The average molecular weight is 280 g/mol. The fourth-order valence-electron chi connectivity index (χ4n) is 1.02. The topological polar surface area (TPSA) is 122 Å². The molecule has 0 aliphatic heterocycles. The predicted octanol–water partition coefficient (Wildman–Crippen LogP) is 0.0702. The number of rotatable bonds is 5. The molecule has 0 amide bonds. The number of sulfonamides is 1. The third-order valence-electron chi connectivity index (χ3n) is 1.77. The normalized spacial score (nSPS) is 11.4. The summed E-state index contributed by atoms with van der Waals surface area (Å²) in [5.74, 6) is -1.30. The highest BCUT2D eigenvalue weighted by Crippen LogP contribution is 2.19. The Balaban J connectivity index is 2.89. The van der Waals surface area contributed by atoms with Crippen LogP contribution in [0.1, 0.15) is 6.42 Å². The third-order valence-corrected chi connectivity index (χ3v) is 3.47. The number of carboxylic acids is 1. The van der Waals surface area contributed by atoms with Crippen LogP contribution in [0.5, 0.6) is 0 Å². The number of hydrogen-bond acceptors (Lipinski definition) is 5. The Labute approximate surface area is 103 Å². The number of halogens is 1. The van der Waals surface area contributed by atoms with Crippen LogP contribution in [0.25, 0.3) is 0 Å². The summed E-state index contributed by atoms with van der Waals surface area (Å²) in [5, 5.41) is 8.51. The van der Waals surface area contributed by atoms with Gasteiger partial charge >= 0.3 is 5.97 Å². The quantitative estimate of drug-likeness (QED) is 0.701. The Morgan fingerprint density at radius 1 is 1.59 bits per heavy atom. The predicted molar refractivity (Wildman–Crippen MR) is 61.1 cm³/mol. The second kappa shape index (κ2) is 5.30. The minimum atomic E-state index is -3.89. The number of anilines is 1. The maximum atomic E-state index is 11.7. The summed E-state index contributed by atoms with van der Waals surface area (Å²) < 4.78 is 25.5. The number of aliphatic carboxylic acids is 1. The van der Waals surface area contributed by atoms with E-state index in [4.69, 9.17) is 22.4 Å². The SMILES string of the molecule is Nc1ncc(Cl)cc1S(=O)(=O)NCCC(=O)O. The van der Waals surface area contributed by atoms with Crippen LogP contribution >= 0.6 is 11.6 Å². The van der Waals surface area contributed by atoms with E-state index in [0.717, 1.165) is 6.07 Å². The number of nitrogen functional groups attached to an aromatic ring is 1. The van der Waals surface area contributed by atoms with Gasteiger partial charge in [0, 0.05) is 12.7 Å². The lowest BCUT2D eigenvalue weighted by Gasteiger charge is -2.07. The Hall–Kier alpha value is -1.38. The van der Waals surface area contributed by atoms with Crippen molar-refractivity contribution in [3.63, 3.8) is 0 Å². The van der Waals surface area contributed by atoms with Gasteiger partial charge < -0.3 is 10.8 Å². The van der Waals surface area contributed by atoms with E-state index in [-0.39, 0.29) is 28.7 Å². The maximum absolute atomic E-state index is 11.7. The Morgan fingerprint density at radius 2 is 2.24 bits per heavy atom. The van der Waals surface area contributed by atoms with E-state index in [1.165, 1.54) is 6.20 Å². The number of nitrogens with one attached hydrogen (secondary N) is 1. The van der Waals surface area contributed by atoms with Crippen LogP contribution in [0.15, 0.2) is 17.2 Å². The number of carbonyl (C=O) groups is 1. The van der Waals surface area contributed by atoms with Crippen molar-refractivity contribution in [2.45, 2.75) is 11.3 Å². The highest BCUT2D eigenvalue weighted by Gasteiger charge is 2.18. The van der Waals surface area contributed by atoms with Gasteiger partial charge in [-0.05, 0) is 6.07 Å². The number of hydrogen-bond donors (Lipinski definition) is 3. The first-order valence-electron chi connectivity index (χ1n) is 4.45. The van der Waals surface area contributed by atoms with Gasteiger partial charge in [-0.2, -0.15) is 0 Å². The van der Waals surface area contributed by atoms with Crippen LogP contribution < -0.4 is 10.5 Å². The molecule has 1 rings (SSSR count). The van der Waals surface area contributed by atoms with E-state index in [1.807, 2.05) is 0 Å². The van der Waals surface area contributed by atoms with Gasteiger partial charge in [0.1, 0.15) is 10.7 Å². The van der Waals surface area contributed by atoms with E-state index >= 15 is 0 Å². The third kappa shape index (κ3) is 3.84. The molecule has 0 unspecified atom stereocenters. The fraction of sp³-hybridized carbons (Fsp3) is 0.250. The van der Waals surface area contributed by atoms with Gasteiger partial charge in [-0.25, -0.2) is 18.1 Å². The Bertz CT molecular complexity index is 532. The lowest BCUT2D eigenvalue weighted by Crippen LogP contribution is -2.27. The zero-order valence-corrected chi connectivity index (χ0v) is 10.1. The van der Waals surface area contributed by atoms with Crippen molar-refractivity contribution in [3.05, 3.63) is 17.3 Å². The number of aromatic nitrogens is 1. The molecule has 0 spiro atoms. The highest BCUT2D eigenvalue weighted by molar-refractivity contribution is 7.89. The van der Waals surface area contributed by atoms with Crippen molar-refractivity contribution in [2.24, 2.45) is 0 Å². The minimum absolute atomic E-state index is 0.123. The number of nitrogens with zero attached hydrogens (tertiary/aromatic N) is 1. The number of pyridine rings is 1. The number of nitrogens with two attached hydrogens (primary N) is 1. The fourth-order valence-corrected chi connectivity index (χ4v) is 2.38. The molecule has 7 nitrogen and oxygen atoms in total. The van der Waals surface area contributed by atoms with Gasteiger partial charge in [0.2, 0.25) is 10.0 Å². The Morgan fingerprint density at radius 3 is 2.82 bits per heavy atom. The lowest BCUT2D eigenvalue weighted by atomic mass is 10.4. The average Bonchev–Trinajstić information content (AvgIpc) is 2.20. The van der Waals surface area contributed by atoms with E-state index in [9.17, 15) is 13.2 Å². The molecule has 94 valence electrons. The number of carboxylic acid groups (broad SMARTS) is 1. The largest absolute Gasteiger partial charge is 0.481 e. The van der Waals surface area contributed by atoms with Crippen LogP contribution in [0.3, 0.4) is 0 Å². The molecule has 0 aliphatic carbocycles. The van der Waals surface area contributed by atoms with Gasteiger partial charge in [0.15, 0.2) is 0 Å². The van der Waals surface area contributed by atoms with Crippen molar-refractivity contribution in [1.82, 2.24) is 9.71 Å². The molecule has 0 atom stereocenters. The van der Waals surface area contributed by atoms with Crippen molar-refractivity contribution >= 4 is 33.4 Å². The van der Waals surface area contributed by atoms with Crippen molar-refractivity contribution < 1.29 is 18.3 Å². The second-order valence-corrected chi connectivity index (χ2v) is 5.25. The molecule has 0 saturated heterocycles. The molecular weight excluding hydrogens is 270 g/mol. The molecule has 0 radical (unpaired) electrons. The molecular formula is C8H10ClN3O4S. The van der Waals surface area contributed by atoms with Gasteiger partial charge in [0.25, 0.3) is 0 Å². The van der Waals surface area contributed by atoms with Gasteiger partial charge in [0.05, 0.1) is 11.4 Å². The molecule has 0 aromatic carbocycles. The van der Waals surface area contributed by atoms with E-state index in [1.54, 1.807) is 0 Å².